The van der Waals surface area contributed by atoms with Crippen molar-refractivity contribution in [3.05, 3.63) is 12.2 Å². The van der Waals surface area contributed by atoms with Gasteiger partial charge in [0.1, 0.15) is 11.7 Å². The lowest BCUT2D eigenvalue weighted by Crippen LogP contribution is -2.60. The van der Waals surface area contributed by atoms with Gasteiger partial charge in [-0.15, -0.1) is 0 Å². The normalized spacial score (nSPS) is 51.6. The van der Waals surface area contributed by atoms with E-state index in [0.29, 0.717) is 11.8 Å². The van der Waals surface area contributed by atoms with Crippen molar-refractivity contribution in [2.45, 2.75) is 51.2 Å². The van der Waals surface area contributed by atoms with Crippen molar-refractivity contribution in [2.75, 3.05) is 0 Å². The van der Waals surface area contributed by atoms with Crippen molar-refractivity contribution in [2.24, 2.45) is 23.7 Å². The molecule has 3 aliphatic rings. The molecule has 0 amide bonds. The molecule has 2 aliphatic carbocycles. The zero-order valence-electron chi connectivity index (χ0n) is 11.2. The molecule has 1 N–H and O–H groups in total. The molecule has 6 unspecified atom stereocenters. The number of hydrogen-bond acceptors (Lipinski definition) is 3. The van der Waals surface area contributed by atoms with Crippen molar-refractivity contribution in [1.82, 2.24) is 0 Å². The predicted molar refractivity (Wildman–Crippen MR) is 67.7 cm³/mol. The van der Waals surface area contributed by atoms with E-state index in [0.717, 1.165) is 31.3 Å². The number of hydrogen-bond donors (Lipinski definition) is 1. The maximum Gasteiger partial charge on any atom is 0.309 e. The van der Waals surface area contributed by atoms with E-state index < -0.39 is 11.7 Å². The minimum atomic E-state index is -0.669. The molecule has 0 radical (unpaired) electrons. The Hall–Kier alpha value is -0.830. The summed E-state index contributed by atoms with van der Waals surface area (Å²) in [6, 6.07) is 0. The second-order valence-corrected chi connectivity index (χ2v) is 6.43. The van der Waals surface area contributed by atoms with E-state index in [2.05, 4.69) is 13.5 Å². The SMILES string of the molecule is C=C1CCC2C(C)CCC3C(C)C(=O)OC23C1O. The Morgan fingerprint density at radius 1 is 1.28 bits per heavy atom. The van der Waals surface area contributed by atoms with Gasteiger partial charge in [0.05, 0.1) is 5.92 Å². The molecule has 3 rings (SSSR count). The number of carbonyl (C=O) groups is 1. The first kappa shape index (κ1) is 12.2. The summed E-state index contributed by atoms with van der Waals surface area (Å²) in [5.74, 6) is 0.763. The molecule has 1 aliphatic heterocycles. The predicted octanol–water partition coefficient (Wildman–Crippen LogP) is 2.29. The van der Waals surface area contributed by atoms with Gasteiger partial charge in [-0.1, -0.05) is 20.4 Å². The molecule has 0 aromatic heterocycles. The zero-order valence-corrected chi connectivity index (χ0v) is 11.2. The maximum absolute atomic E-state index is 12.0. The van der Waals surface area contributed by atoms with Crippen molar-refractivity contribution in [1.29, 1.82) is 0 Å². The Bertz CT molecular complexity index is 403. The van der Waals surface area contributed by atoms with Crippen molar-refractivity contribution in [3.8, 4) is 0 Å². The molecule has 18 heavy (non-hydrogen) atoms. The van der Waals surface area contributed by atoms with Gasteiger partial charge in [-0.25, -0.2) is 0 Å². The Morgan fingerprint density at radius 2 is 2.00 bits per heavy atom. The summed E-state index contributed by atoms with van der Waals surface area (Å²) in [5, 5.41) is 10.6. The molecule has 0 bridgehead atoms. The van der Waals surface area contributed by atoms with Crippen LogP contribution in [0.1, 0.15) is 39.5 Å². The molecule has 3 fully saturated rings. The summed E-state index contributed by atoms with van der Waals surface area (Å²) < 4.78 is 5.77. The first-order valence-electron chi connectivity index (χ1n) is 7.07. The molecule has 0 aromatic rings. The number of rotatable bonds is 0. The molecule has 2 saturated carbocycles. The Morgan fingerprint density at radius 3 is 2.72 bits per heavy atom. The average molecular weight is 250 g/mol. The van der Waals surface area contributed by atoms with Crippen LogP contribution in [-0.4, -0.2) is 22.8 Å². The highest BCUT2D eigenvalue weighted by Gasteiger charge is 2.65. The van der Waals surface area contributed by atoms with E-state index in [1.54, 1.807) is 0 Å². The molecule has 0 aromatic carbocycles. The largest absolute Gasteiger partial charge is 0.455 e. The second kappa shape index (κ2) is 3.83. The highest BCUT2D eigenvalue weighted by molar-refractivity contribution is 5.76. The highest BCUT2D eigenvalue weighted by atomic mass is 16.6. The van der Waals surface area contributed by atoms with Crippen LogP contribution in [0.25, 0.3) is 0 Å². The molecule has 6 atom stereocenters. The molecule has 1 spiro atoms. The first-order chi connectivity index (χ1) is 8.48. The van der Waals surface area contributed by atoms with E-state index in [4.69, 9.17) is 4.74 Å². The van der Waals surface area contributed by atoms with Gasteiger partial charge in [-0.3, -0.25) is 4.79 Å². The van der Waals surface area contributed by atoms with Crippen molar-refractivity contribution < 1.29 is 14.6 Å². The van der Waals surface area contributed by atoms with Gasteiger partial charge in [-0.2, -0.15) is 0 Å². The molecule has 100 valence electrons. The smallest absolute Gasteiger partial charge is 0.309 e. The van der Waals surface area contributed by atoms with Gasteiger partial charge >= 0.3 is 5.97 Å². The molecular weight excluding hydrogens is 228 g/mol. The van der Waals surface area contributed by atoms with Crippen molar-refractivity contribution >= 4 is 5.97 Å². The van der Waals surface area contributed by atoms with Crippen molar-refractivity contribution in [3.63, 3.8) is 0 Å². The standard InChI is InChI=1S/C15H22O3/c1-8-4-7-12-10(3)14(17)18-15(12)11(8)6-5-9(2)13(15)16/h8,10-13,16H,2,4-7H2,1,3H3. The minimum absolute atomic E-state index is 0.0828. The number of aliphatic hydroxyl groups excluding tert-OH is 1. The van der Waals surface area contributed by atoms with Crippen LogP contribution >= 0.6 is 0 Å². The number of aliphatic hydroxyl groups is 1. The van der Waals surface area contributed by atoms with E-state index >= 15 is 0 Å². The van der Waals surface area contributed by atoms with Gasteiger partial charge in [0.25, 0.3) is 0 Å². The van der Waals surface area contributed by atoms with Gasteiger partial charge in [0, 0.05) is 11.8 Å². The maximum atomic E-state index is 12.0. The van der Waals surface area contributed by atoms with Gasteiger partial charge in [0.2, 0.25) is 0 Å². The average Bonchev–Trinajstić information content (AvgIpc) is 2.59. The molecular formula is C15H22O3. The Labute approximate surface area is 108 Å². The van der Waals surface area contributed by atoms with Crippen LogP contribution in [0.15, 0.2) is 12.2 Å². The van der Waals surface area contributed by atoms with Crippen LogP contribution in [0.4, 0.5) is 0 Å². The molecule has 3 nitrogen and oxygen atoms in total. The van der Waals surface area contributed by atoms with Crippen LogP contribution in [0.5, 0.6) is 0 Å². The topological polar surface area (TPSA) is 46.5 Å². The minimum Gasteiger partial charge on any atom is -0.455 e. The summed E-state index contributed by atoms with van der Waals surface area (Å²) in [7, 11) is 0. The molecule has 3 heteroatoms. The van der Waals surface area contributed by atoms with E-state index in [9.17, 15) is 9.90 Å². The van der Waals surface area contributed by atoms with Crippen LogP contribution in [-0.2, 0) is 9.53 Å². The zero-order chi connectivity index (χ0) is 13.1. The third-order valence-corrected chi connectivity index (χ3v) is 5.62. The van der Waals surface area contributed by atoms with Crippen LogP contribution < -0.4 is 0 Å². The van der Waals surface area contributed by atoms with Gasteiger partial charge in [0.15, 0.2) is 0 Å². The second-order valence-electron chi connectivity index (χ2n) is 6.43. The summed E-state index contributed by atoms with van der Waals surface area (Å²) >= 11 is 0. The third-order valence-electron chi connectivity index (χ3n) is 5.62. The Kier molecular flexibility index (Phi) is 2.60. The lowest BCUT2D eigenvalue weighted by atomic mass is 9.55. The monoisotopic (exact) mass is 250 g/mol. The first-order valence-corrected chi connectivity index (χ1v) is 7.07. The van der Waals surface area contributed by atoms with E-state index in [1.165, 1.54) is 0 Å². The quantitative estimate of drug-likeness (QED) is 0.530. The summed E-state index contributed by atoms with van der Waals surface area (Å²) in [4.78, 5) is 12.0. The van der Waals surface area contributed by atoms with Gasteiger partial charge in [-0.05, 0) is 37.2 Å². The third kappa shape index (κ3) is 1.31. The van der Waals surface area contributed by atoms with Gasteiger partial charge < -0.3 is 9.84 Å². The fourth-order valence-corrected chi connectivity index (χ4v) is 4.58. The van der Waals surface area contributed by atoms with Crippen LogP contribution in [0.2, 0.25) is 0 Å². The van der Waals surface area contributed by atoms with E-state index in [-0.39, 0.29) is 17.8 Å². The number of carbonyl (C=O) groups excluding carboxylic acids is 1. The number of esters is 1. The lowest BCUT2D eigenvalue weighted by molar-refractivity contribution is -0.188. The fraction of sp³-hybridized carbons (Fsp3) is 0.800. The summed E-state index contributed by atoms with van der Waals surface area (Å²) in [6.07, 6.45) is 3.30. The number of ether oxygens (including phenoxy) is 1. The van der Waals surface area contributed by atoms with Crippen LogP contribution in [0.3, 0.4) is 0 Å². The highest BCUT2D eigenvalue weighted by Crippen LogP contribution is 2.58. The summed E-state index contributed by atoms with van der Waals surface area (Å²) in [6.45, 7) is 8.14. The molecule has 1 saturated heterocycles. The fourth-order valence-electron chi connectivity index (χ4n) is 4.58. The van der Waals surface area contributed by atoms with E-state index in [1.807, 2.05) is 6.92 Å². The lowest BCUT2D eigenvalue weighted by Gasteiger charge is -2.53. The summed E-state index contributed by atoms with van der Waals surface area (Å²) in [5.41, 5.74) is 0.177. The van der Waals surface area contributed by atoms with Crippen LogP contribution in [0, 0.1) is 23.7 Å². The molecule has 1 heterocycles. The Balaban J connectivity index is 2.08.